The van der Waals surface area contributed by atoms with Gasteiger partial charge in [0.15, 0.2) is 0 Å². The Morgan fingerprint density at radius 2 is 1.94 bits per heavy atom. The third-order valence-corrected chi connectivity index (χ3v) is 4.65. The Morgan fingerprint density at radius 3 is 2.50 bits per heavy atom. The topological polar surface area (TPSA) is 37.4 Å². The lowest BCUT2D eigenvalue weighted by Crippen LogP contribution is -2.19. The second-order valence-electron chi connectivity index (χ2n) is 4.67. The van der Waals surface area contributed by atoms with Crippen molar-refractivity contribution in [2.24, 2.45) is 0 Å². The van der Waals surface area contributed by atoms with Crippen LogP contribution in [0.2, 0.25) is 0 Å². The molecule has 0 N–H and O–H groups in total. The molecular weight excluding hydrogens is 270 g/mol. The van der Waals surface area contributed by atoms with Crippen LogP contribution in [0.4, 0.5) is 5.69 Å². The summed E-state index contributed by atoms with van der Waals surface area (Å²) in [5.74, 6) is 0. The molecule has 1 heterocycles. The molecule has 0 amide bonds. The highest BCUT2D eigenvalue weighted by molar-refractivity contribution is 8.13. The minimum absolute atomic E-state index is 0.204. The van der Waals surface area contributed by atoms with Gasteiger partial charge in [-0.15, -0.1) is 0 Å². The van der Waals surface area contributed by atoms with Gasteiger partial charge in [-0.25, -0.2) is 8.42 Å². The fraction of sp³-hybridized carbons (Fsp3) is 0.538. The highest BCUT2D eigenvalue weighted by Gasteiger charge is 2.18. The molecule has 0 spiro atoms. The maximum Gasteiger partial charge on any atom is 0.261 e. The van der Waals surface area contributed by atoms with Crippen LogP contribution in [0, 0.1) is 0 Å². The highest BCUT2D eigenvalue weighted by atomic mass is 35.7. The van der Waals surface area contributed by atoms with Crippen LogP contribution in [0.15, 0.2) is 23.1 Å². The summed E-state index contributed by atoms with van der Waals surface area (Å²) in [5.41, 5.74) is 2.25. The predicted octanol–water partition coefficient (Wildman–Crippen LogP) is 3.17. The van der Waals surface area contributed by atoms with E-state index >= 15 is 0 Å². The molecule has 1 aromatic rings. The monoisotopic (exact) mass is 287 g/mol. The molecule has 3 nitrogen and oxygen atoms in total. The molecule has 0 unspecified atom stereocenters. The quantitative estimate of drug-likeness (QED) is 0.798. The van der Waals surface area contributed by atoms with Crippen LogP contribution in [-0.2, 0) is 15.5 Å². The van der Waals surface area contributed by atoms with Crippen molar-refractivity contribution < 1.29 is 8.42 Å². The van der Waals surface area contributed by atoms with E-state index in [0.717, 1.165) is 31.5 Å². The number of nitrogens with zero attached hydrogens (tertiary/aromatic N) is 1. The molecule has 0 atom stereocenters. The van der Waals surface area contributed by atoms with Crippen LogP contribution in [0.25, 0.3) is 0 Å². The Labute approximate surface area is 113 Å². The molecule has 0 bridgehead atoms. The molecule has 1 aromatic carbocycles. The van der Waals surface area contributed by atoms with Gasteiger partial charge in [0.1, 0.15) is 0 Å². The van der Waals surface area contributed by atoms with E-state index in [-0.39, 0.29) is 4.90 Å². The molecule has 18 heavy (non-hydrogen) atoms. The second-order valence-corrected chi connectivity index (χ2v) is 7.24. The Morgan fingerprint density at radius 1 is 1.28 bits per heavy atom. The van der Waals surface area contributed by atoms with Gasteiger partial charge in [0.05, 0.1) is 4.90 Å². The normalized spacial score (nSPS) is 16.2. The SMILES string of the molecule is CCCc1cc(S(=O)(=O)Cl)ccc1N1CCCC1. The van der Waals surface area contributed by atoms with Crippen LogP contribution in [0.1, 0.15) is 31.7 Å². The average molecular weight is 288 g/mol. The van der Waals surface area contributed by atoms with Crippen molar-refractivity contribution >= 4 is 25.4 Å². The van der Waals surface area contributed by atoms with Gasteiger partial charge >= 0.3 is 0 Å². The fourth-order valence-electron chi connectivity index (χ4n) is 2.45. The molecule has 2 rings (SSSR count). The molecular formula is C13H18ClNO2S. The zero-order chi connectivity index (χ0) is 13.2. The van der Waals surface area contributed by atoms with Crippen molar-refractivity contribution in [1.29, 1.82) is 0 Å². The minimum Gasteiger partial charge on any atom is -0.371 e. The average Bonchev–Trinajstić information content (AvgIpc) is 2.81. The van der Waals surface area contributed by atoms with Gasteiger partial charge in [-0.05, 0) is 43.0 Å². The van der Waals surface area contributed by atoms with E-state index in [2.05, 4.69) is 11.8 Å². The summed E-state index contributed by atoms with van der Waals surface area (Å²) in [4.78, 5) is 2.53. The number of halogens is 1. The van der Waals surface area contributed by atoms with Crippen molar-refractivity contribution in [1.82, 2.24) is 0 Å². The molecule has 1 aliphatic heterocycles. The predicted molar refractivity (Wildman–Crippen MR) is 74.9 cm³/mol. The lowest BCUT2D eigenvalue weighted by molar-refractivity contribution is 0.609. The summed E-state index contributed by atoms with van der Waals surface area (Å²) >= 11 is 0. The number of hydrogen-bond acceptors (Lipinski definition) is 3. The Hall–Kier alpha value is -0.740. The van der Waals surface area contributed by atoms with Crippen molar-refractivity contribution in [3.63, 3.8) is 0 Å². The number of aryl methyl sites for hydroxylation is 1. The van der Waals surface area contributed by atoms with Crippen LogP contribution >= 0.6 is 10.7 Å². The van der Waals surface area contributed by atoms with E-state index in [4.69, 9.17) is 10.7 Å². The first-order valence-electron chi connectivity index (χ1n) is 6.35. The Bertz CT molecular complexity index is 522. The molecule has 5 heteroatoms. The third kappa shape index (κ3) is 2.98. The number of benzene rings is 1. The van der Waals surface area contributed by atoms with Crippen LogP contribution < -0.4 is 4.90 Å². The molecule has 100 valence electrons. The summed E-state index contributed by atoms with van der Waals surface area (Å²) < 4.78 is 22.7. The molecule has 0 aliphatic carbocycles. The van der Waals surface area contributed by atoms with Gasteiger partial charge in [-0.3, -0.25) is 0 Å². The number of hydrogen-bond donors (Lipinski definition) is 0. The number of rotatable bonds is 4. The summed E-state index contributed by atoms with van der Waals surface area (Å²) in [7, 11) is 1.77. The van der Waals surface area contributed by atoms with Crippen LogP contribution in [-0.4, -0.2) is 21.5 Å². The van der Waals surface area contributed by atoms with E-state index in [1.807, 2.05) is 6.07 Å². The molecule has 1 saturated heterocycles. The van der Waals surface area contributed by atoms with Gasteiger partial charge in [-0.2, -0.15) is 0 Å². The summed E-state index contributed by atoms with van der Waals surface area (Å²) in [6.07, 6.45) is 4.29. The summed E-state index contributed by atoms with van der Waals surface area (Å²) in [5, 5.41) is 0. The highest BCUT2D eigenvalue weighted by Crippen LogP contribution is 2.29. The van der Waals surface area contributed by atoms with Crippen molar-refractivity contribution in [3.8, 4) is 0 Å². The van der Waals surface area contributed by atoms with E-state index < -0.39 is 9.05 Å². The number of anilines is 1. The molecule has 0 radical (unpaired) electrons. The molecule has 1 fully saturated rings. The van der Waals surface area contributed by atoms with Gasteiger partial charge in [0, 0.05) is 29.5 Å². The van der Waals surface area contributed by atoms with E-state index in [0.29, 0.717) is 0 Å². The standard InChI is InChI=1S/C13H18ClNO2S/c1-2-5-11-10-12(18(14,16)17)6-7-13(11)15-8-3-4-9-15/h6-7,10H,2-5,8-9H2,1H3. The minimum atomic E-state index is -3.63. The lowest BCUT2D eigenvalue weighted by atomic mass is 10.1. The summed E-state index contributed by atoms with van der Waals surface area (Å²) in [6.45, 7) is 4.21. The lowest BCUT2D eigenvalue weighted by Gasteiger charge is -2.21. The van der Waals surface area contributed by atoms with Crippen LogP contribution in [0.3, 0.4) is 0 Å². The largest absolute Gasteiger partial charge is 0.371 e. The zero-order valence-corrected chi connectivity index (χ0v) is 12.1. The Kier molecular flexibility index (Phi) is 4.17. The maximum atomic E-state index is 11.4. The first kappa shape index (κ1) is 13.7. The van der Waals surface area contributed by atoms with Gasteiger partial charge < -0.3 is 4.90 Å². The smallest absolute Gasteiger partial charge is 0.261 e. The van der Waals surface area contributed by atoms with Crippen molar-refractivity contribution in [2.45, 2.75) is 37.5 Å². The van der Waals surface area contributed by atoms with Crippen LogP contribution in [0.5, 0.6) is 0 Å². The van der Waals surface area contributed by atoms with E-state index in [1.165, 1.54) is 18.5 Å². The maximum absolute atomic E-state index is 11.4. The summed E-state index contributed by atoms with van der Waals surface area (Å²) in [6, 6.07) is 5.22. The second kappa shape index (κ2) is 5.49. The van der Waals surface area contributed by atoms with E-state index in [9.17, 15) is 8.42 Å². The zero-order valence-electron chi connectivity index (χ0n) is 10.5. The first-order chi connectivity index (χ1) is 8.52. The van der Waals surface area contributed by atoms with E-state index in [1.54, 1.807) is 12.1 Å². The third-order valence-electron chi connectivity index (χ3n) is 3.30. The molecule has 1 aliphatic rings. The molecule has 0 aromatic heterocycles. The first-order valence-corrected chi connectivity index (χ1v) is 8.66. The molecule has 0 saturated carbocycles. The van der Waals surface area contributed by atoms with Crippen molar-refractivity contribution in [3.05, 3.63) is 23.8 Å². The van der Waals surface area contributed by atoms with Gasteiger partial charge in [0.2, 0.25) is 0 Å². The van der Waals surface area contributed by atoms with Gasteiger partial charge in [-0.1, -0.05) is 13.3 Å². The fourth-order valence-corrected chi connectivity index (χ4v) is 3.25. The van der Waals surface area contributed by atoms with Crippen molar-refractivity contribution in [2.75, 3.05) is 18.0 Å². The Balaban J connectivity index is 2.40. The van der Waals surface area contributed by atoms with Gasteiger partial charge in [0.25, 0.3) is 9.05 Å².